The van der Waals surface area contributed by atoms with E-state index in [4.69, 9.17) is 4.74 Å². The van der Waals surface area contributed by atoms with Crippen LogP contribution in [0.2, 0.25) is 0 Å². The molecule has 1 N–H and O–H groups in total. The van der Waals surface area contributed by atoms with Gasteiger partial charge in [-0.15, -0.1) is 0 Å². The normalized spacial score (nSPS) is 11.0. The predicted molar refractivity (Wildman–Crippen MR) is 72.3 cm³/mol. The third-order valence-corrected chi connectivity index (χ3v) is 2.59. The largest absolute Gasteiger partial charge is 0.457 e. The number of amides is 1. The third-order valence-electron chi connectivity index (χ3n) is 2.59. The Hall–Kier alpha value is -2.50. The number of halogens is 3. The van der Waals surface area contributed by atoms with Gasteiger partial charge in [0.25, 0.3) is 0 Å². The van der Waals surface area contributed by atoms with E-state index in [1.54, 1.807) is 24.3 Å². The van der Waals surface area contributed by atoms with E-state index in [-0.39, 0.29) is 5.91 Å². The molecular weight excluding hydrogens is 283 g/mol. The van der Waals surface area contributed by atoms with E-state index in [0.717, 1.165) is 12.1 Å². The lowest BCUT2D eigenvalue weighted by Crippen LogP contribution is -2.05. The molecule has 21 heavy (non-hydrogen) atoms. The number of carbonyl (C=O) groups is 1. The lowest BCUT2D eigenvalue weighted by molar-refractivity contribution is -0.137. The van der Waals surface area contributed by atoms with Gasteiger partial charge < -0.3 is 10.1 Å². The number of nitrogens with one attached hydrogen (secondary N) is 1. The van der Waals surface area contributed by atoms with Crippen LogP contribution in [0.15, 0.2) is 48.5 Å². The minimum atomic E-state index is -4.36. The van der Waals surface area contributed by atoms with Gasteiger partial charge >= 0.3 is 6.18 Å². The molecule has 0 heterocycles. The predicted octanol–water partition coefficient (Wildman–Crippen LogP) is 4.46. The van der Waals surface area contributed by atoms with Gasteiger partial charge in [-0.1, -0.05) is 0 Å². The topological polar surface area (TPSA) is 38.3 Å². The summed E-state index contributed by atoms with van der Waals surface area (Å²) >= 11 is 0. The SMILES string of the molecule is CC(=O)Nc1ccc(Oc2ccc(C(F)(F)F)cc2)cc1. The standard InChI is InChI=1S/C15H12F3NO2/c1-10(20)19-12-4-8-14(9-5-12)21-13-6-2-11(3-7-13)15(16,17)18/h2-9H,1H3,(H,19,20). The Morgan fingerprint density at radius 1 is 0.952 bits per heavy atom. The highest BCUT2D eigenvalue weighted by Crippen LogP contribution is 2.31. The van der Waals surface area contributed by atoms with E-state index >= 15 is 0 Å². The number of ether oxygens (including phenoxy) is 1. The first kappa shape index (κ1) is 14.9. The molecule has 110 valence electrons. The fraction of sp³-hybridized carbons (Fsp3) is 0.133. The summed E-state index contributed by atoms with van der Waals surface area (Å²) in [6.45, 7) is 1.40. The van der Waals surface area contributed by atoms with Crippen molar-refractivity contribution in [2.45, 2.75) is 13.1 Å². The monoisotopic (exact) mass is 295 g/mol. The van der Waals surface area contributed by atoms with Crippen molar-refractivity contribution in [3.8, 4) is 11.5 Å². The van der Waals surface area contributed by atoms with Crippen LogP contribution in [0.25, 0.3) is 0 Å². The maximum absolute atomic E-state index is 12.4. The molecule has 2 aromatic rings. The van der Waals surface area contributed by atoms with Gasteiger partial charge in [-0.25, -0.2) is 0 Å². The first-order valence-corrected chi connectivity index (χ1v) is 6.07. The summed E-state index contributed by atoms with van der Waals surface area (Å²) in [6, 6.07) is 10.9. The van der Waals surface area contributed by atoms with Gasteiger partial charge in [0.15, 0.2) is 0 Å². The molecule has 0 atom stereocenters. The molecule has 0 bridgehead atoms. The van der Waals surface area contributed by atoms with E-state index in [2.05, 4.69) is 5.32 Å². The van der Waals surface area contributed by atoms with Crippen LogP contribution in [0, 0.1) is 0 Å². The van der Waals surface area contributed by atoms with Crippen molar-refractivity contribution in [1.29, 1.82) is 0 Å². The lowest BCUT2D eigenvalue weighted by Gasteiger charge is -2.09. The Bertz CT molecular complexity index is 619. The van der Waals surface area contributed by atoms with Gasteiger partial charge in [0.05, 0.1) is 5.56 Å². The van der Waals surface area contributed by atoms with Crippen molar-refractivity contribution in [3.05, 3.63) is 54.1 Å². The molecule has 0 aromatic heterocycles. The first-order valence-electron chi connectivity index (χ1n) is 6.07. The molecule has 0 aliphatic carbocycles. The Morgan fingerprint density at radius 3 is 1.86 bits per heavy atom. The lowest BCUT2D eigenvalue weighted by atomic mass is 10.2. The van der Waals surface area contributed by atoms with Crippen LogP contribution in [-0.2, 0) is 11.0 Å². The quantitative estimate of drug-likeness (QED) is 0.908. The van der Waals surface area contributed by atoms with Gasteiger partial charge in [-0.05, 0) is 48.5 Å². The van der Waals surface area contributed by atoms with E-state index < -0.39 is 11.7 Å². The molecule has 0 unspecified atom stereocenters. The molecule has 0 saturated carbocycles. The third kappa shape index (κ3) is 4.24. The molecule has 1 amide bonds. The van der Waals surface area contributed by atoms with E-state index in [1.165, 1.54) is 19.1 Å². The highest BCUT2D eigenvalue weighted by Gasteiger charge is 2.30. The summed E-state index contributed by atoms with van der Waals surface area (Å²) in [5.41, 5.74) is -0.113. The summed E-state index contributed by atoms with van der Waals surface area (Å²) in [6.07, 6.45) is -4.36. The van der Waals surface area contributed by atoms with Crippen molar-refractivity contribution in [3.63, 3.8) is 0 Å². The molecule has 3 nitrogen and oxygen atoms in total. The zero-order valence-corrected chi connectivity index (χ0v) is 11.1. The van der Waals surface area contributed by atoms with Crippen LogP contribution in [0.1, 0.15) is 12.5 Å². The highest BCUT2D eigenvalue weighted by atomic mass is 19.4. The van der Waals surface area contributed by atoms with Crippen molar-refractivity contribution in [2.75, 3.05) is 5.32 Å². The first-order chi connectivity index (χ1) is 9.84. The van der Waals surface area contributed by atoms with Crippen LogP contribution in [0.4, 0.5) is 18.9 Å². The fourth-order valence-electron chi connectivity index (χ4n) is 1.66. The number of hydrogen-bond donors (Lipinski definition) is 1. The van der Waals surface area contributed by atoms with Crippen LogP contribution in [0.3, 0.4) is 0 Å². The Morgan fingerprint density at radius 2 is 1.43 bits per heavy atom. The second-order valence-electron chi connectivity index (χ2n) is 4.33. The maximum Gasteiger partial charge on any atom is 0.416 e. The van der Waals surface area contributed by atoms with E-state index in [1.807, 2.05) is 0 Å². The molecule has 6 heteroatoms. The number of alkyl halides is 3. The van der Waals surface area contributed by atoms with Crippen molar-refractivity contribution < 1.29 is 22.7 Å². The van der Waals surface area contributed by atoms with Crippen LogP contribution in [-0.4, -0.2) is 5.91 Å². The number of hydrogen-bond acceptors (Lipinski definition) is 2. The molecular formula is C15H12F3NO2. The van der Waals surface area contributed by atoms with Gasteiger partial charge in [0, 0.05) is 12.6 Å². The zero-order valence-electron chi connectivity index (χ0n) is 11.1. The van der Waals surface area contributed by atoms with Crippen molar-refractivity contribution in [2.24, 2.45) is 0 Å². The van der Waals surface area contributed by atoms with Gasteiger partial charge in [0.2, 0.25) is 5.91 Å². The summed E-state index contributed by atoms with van der Waals surface area (Å²) in [4.78, 5) is 10.9. The van der Waals surface area contributed by atoms with Crippen LogP contribution >= 0.6 is 0 Å². The average molecular weight is 295 g/mol. The molecule has 0 radical (unpaired) electrons. The van der Waals surface area contributed by atoms with E-state index in [0.29, 0.717) is 17.2 Å². The minimum Gasteiger partial charge on any atom is -0.457 e. The Kier molecular flexibility index (Phi) is 4.16. The van der Waals surface area contributed by atoms with Gasteiger partial charge in [-0.3, -0.25) is 4.79 Å². The minimum absolute atomic E-state index is 0.189. The number of rotatable bonds is 3. The molecule has 0 spiro atoms. The van der Waals surface area contributed by atoms with Gasteiger partial charge in [0.1, 0.15) is 11.5 Å². The van der Waals surface area contributed by atoms with Crippen molar-refractivity contribution >= 4 is 11.6 Å². The second kappa shape index (κ2) is 5.87. The smallest absolute Gasteiger partial charge is 0.416 e. The molecule has 2 rings (SSSR count). The number of anilines is 1. The maximum atomic E-state index is 12.4. The Labute approximate surface area is 119 Å². The van der Waals surface area contributed by atoms with Crippen LogP contribution in [0.5, 0.6) is 11.5 Å². The molecule has 0 saturated heterocycles. The fourth-order valence-corrected chi connectivity index (χ4v) is 1.66. The highest BCUT2D eigenvalue weighted by molar-refractivity contribution is 5.88. The number of carbonyl (C=O) groups excluding carboxylic acids is 1. The summed E-state index contributed by atoms with van der Waals surface area (Å²) in [7, 11) is 0. The number of benzene rings is 2. The summed E-state index contributed by atoms with van der Waals surface area (Å²) in [5, 5.41) is 2.60. The summed E-state index contributed by atoms with van der Waals surface area (Å²) in [5.74, 6) is 0.575. The molecule has 0 aliphatic rings. The molecule has 0 fully saturated rings. The second-order valence-corrected chi connectivity index (χ2v) is 4.33. The summed E-state index contributed by atoms with van der Waals surface area (Å²) < 4.78 is 42.7. The van der Waals surface area contributed by atoms with Gasteiger partial charge in [-0.2, -0.15) is 13.2 Å². The average Bonchev–Trinajstić information content (AvgIpc) is 2.40. The van der Waals surface area contributed by atoms with Crippen LogP contribution < -0.4 is 10.1 Å². The van der Waals surface area contributed by atoms with E-state index in [9.17, 15) is 18.0 Å². The van der Waals surface area contributed by atoms with Crippen molar-refractivity contribution in [1.82, 2.24) is 0 Å². The Balaban J connectivity index is 2.06. The molecule has 0 aliphatic heterocycles. The zero-order chi connectivity index (χ0) is 15.5. The molecule has 2 aromatic carbocycles.